The molecule has 0 spiro atoms. The predicted molar refractivity (Wildman–Crippen MR) is 150 cm³/mol. The number of nitrogens with zero attached hydrogens (tertiary/aromatic N) is 2. The number of amides is 1. The van der Waals surface area contributed by atoms with Gasteiger partial charge >= 0.3 is 0 Å². The quantitative estimate of drug-likeness (QED) is 0.250. The van der Waals surface area contributed by atoms with Crippen LogP contribution in [0.15, 0.2) is 42.5 Å². The summed E-state index contributed by atoms with van der Waals surface area (Å²) in [4.78, 5) is 29.4. The van der Waals surface area contributed by atoms with Gasteiger partial charge in [0.15, 0.2) is 5.78 Å². The Morgan fingerprint density at radius 2 is 1.85 bits per heavy atom. The molecule has 4 nitrogen and oxygen atoms in total. The number of carbonyl (C=O) groups is 2. The van der Waals surface area contributed by atoms with Gasteiger partial charge in [0.05, 0.1) is 0 Å². The highest BCUT2D eigenvalue weighted by molar-refractivity contribution is 14.1. The Hall–Kier alpha value is -1.73. The van der Waals surface area contributed by atoms with E-state index in [1.165, 1.54) is 11.1 Å². The predicted octanol–water partition coefficient (Wildman–Crippen LogP) is 6.63. The second-order valence-corrected chi connectivity index (χ2v) is 11.0. The van der Waals surface area contributed by atoms with E-state index in [1.807, 2.05) is 43.1 Å². The maximum absolute atomic E-state index is 12.6. The van der Waals surface area contributed by atoms with E-state index in [0.717, 1.165) is 53.7 Å². The van der Waals surface area contributed by atoms with Gasteiger partial charge in [0, 0.05) is 46.7 Å². The molecule has 1 aliphatic rings. The van der Waals surface area contributed by atoms with Crippen LogP contribution in [0.3, 0.4) is 0 Å². The lowest BCUT2D eigenvalue weighted by Crippen LogP contribution is -2.51. The Kier molecular flexibility index (Phi) is 9.33. The number of ketones is 1. The van der Waals surface area contributed by atoms with E-state index in [4.69, 9.17) is 0 Å². The molecular weight excluding hydrogens is 535 g/mol. The van der Waals surface area contributed by atoms with E-state index in [-0.39, 0.29) is 17.1 Å². The molecule has 0 radical (unpaired) electrons. The molecule has 0 aromatic heterocycles. The van der Waals surface area contributed by atoms with Crippen molar-refractivity contribution in [3.63, 3.8) is 0 Å². The van der Waals surface area contributed by atoms with Crippen molar-refractivity contribution in [3.05, 3.63) is 62.7 Å². The molecule has 1 saturated heterocycles. The van der Waals surface area contributed by atoms with Crippen molar-refractivity contribution in [1.82, 2.24) is 4.90 Å². The Balaban J connectivity index is 1.75. The SMILES string of the molecule is CCC(=O)N(C)c1cccc(C2(CC)CN(CCCC(=O)c3ccc(I)cc3)CCC2C)c1C. The second kappa shape index (κ2) is 11.8. The molecule has 5 heteroatoms. The largest absolute Gasteiger partial charge is 0.315 e. The number of rotatable bonds is 9. The molecule has 0 N–H and O–H groups in total. The minimum Gasteiger partial charge on any atom is -0.315 e. The molecule has 2 aromatic rings. The van der Waals surface area contributed by atoms with Crippen molar-refractivity contribution < 1.29 is 9.59 Å². The van der Waals surface area contributed by atoms with Crippen LogP contribution in [0, 0.1) is 16.4 Å². The van der Waals surface area contributed by atoms with E-state index in [1.54, 1.807) is 0 Å². The Labute approximate surface area is 219 Å². The summed E-state index contributed by atoms with van der Waals surface area (Å²) in [5.41, 5.74) is 4.47. The van der Waals surface area contributed by atoms with E-state index in [9.17, 15) is 9.59 Å². The number of benzene rings is 2. The summed E-state index contributed by atoms with van der Waals surface area (Å²) < 4.78 is 1.15. The molecule has 0 aliphatic carbocycles. The van der Waals surface area contributed by atoms with Gasteiger partial charge in [0.2, 0.25) is 5.91 Å². The maximum Gasteiger partial charge on any atom is 0.226 e. The van der Waals surface area contributed by atoms with Gasteiger partial charge in [-0.1, -0.05) is 45.0 Å². The molecule has 3 rings (SSSR count). The van der Waals surface area contributed by atoms with Crippen LogP contribution >= 0.6 is 22.6 Å². The van der Waals surface area contributed by atoms with Gasteiger partial charge in [0.25, 0.3) is 0 Å². The smallest absolute Gasteiger partial charge is 0.226 e. The van der Waals surface area contributed by atoms with Gasteiger partial charge in [0.1, 0.15) is 0 Å². The van der Waals surface area contributed by atoms with Gasteiger partial charge in [-0.15, -0.1) is 0 Å². The lowest BCUT2D eigenvalue weighted by atomic mass is 9.64. The summed E-state index contributed by atoms with van der Waals surface area (Å²) in [5, 5.41) is 0. The Morgan fingerprint density at radius 1 is 1.15 bits per heavy atom. The van der Waals surface area contributed by atoms with Gasteiger partial charge < -0.3 is 9.80 Å². The molecule has 1 heterocycles. The van der Waals surface area contributed by atoms with Gasteiger partial charge in [-0.05, 0) is 97.1 Å². The minimum atomic E-state index is 0.0502. The third kappa shape index (κ3) is 5.73. The van der Waals surface area contributed by atoms with Crippen LogP contribution in [0.25, 0.3) is 0 Å². The monoisotopic (exact) mass is 574 g/mol. The first-order chi connectivity index (χ1) is 16.2. The normalized spacial score (nSPS) is 20.8. The fourth-order valence-electron chi connectivity index (χ4n) is 5.62. The molecule has 1 amide bonds. The summed E-state index contributed by atoms with van der Waals surface area (Å²) in [7, 11) is 1.89. The molecular formula is C29H39IN2O2. The first-order valence-electron chi connectivity index (χ1n) is 12.6. The van der Waals surface area contributed by atoms with E-state index >= 15 is 0 Å². The molecule has 1 fully saturated rings. The molecule has 34 heavy (non-hydrogen) atoms. The first kappa shape index (κ1) is 26.9. The standard InChI is InChI=1S/C29H39IN2O2/c1-6-28(34)31(5)26-11-8-10-25(22(26)4)29(7-2)20-32(19-17-21(29)3)18-9-12-27(33)23-13-15-24(30)16-14-23/h8,10-11,13-16,21H,6-7,9,12,17-20H2,1-5H3. The van der Waals surface area contributed by atoms with Crippen LogP contribution in [0.2, 0.25) is 0 Å². The molecule has 2 aromatic carbocycles. The van der Waals surface area contributed by atoms with Crippen LogP contribution < -0.4 is 4.90 Å². The fraction of sp³-hybridized carbons (Fsp3) is 0.517. The van der Waals surface area contributed by atoms with Crippen molar-refractivity contribution in [2.24, 2.45) is 5.92 Å². The van der Waals surface area contributed by atoms with Crippen LogP contribution in [-0.2, 0) is 10.2 Å². The van der Waals surface area contributed by atoms with Crippen LogP contribution in [0.4, 0.5) is 5.69 Å². The molecule has 2 unspecified atom stereocenters. The number of carbonyl (C=O) groups excluding carboxylic acids is 2. The zero-order valence-corrected chi connectivity index (χ0v) is 23.5. The van der Waals surface area contributed by atoms with E-state index in [0.29, 0.717) is 18.8 Å². The number of likely N-dealkylation sites (tertiary alicyclic amines) is 1. The van der Waals surface area contributed by atoms with Gasteiger partial charge in [-0.25, -0.2) is 0 Å². The Morgan fingerprint density at radius 3 is 2.50 bits per heavy atom. The van der Waals surface area contributed by atoms with Gasteiger partial charge in [-0.2, -0.15) is 0 Å². The number of hydrogen-bond donors (Lipinski definition) is 0. The average Bonchev–Trinajstić information content (AvgIpc) is 2.84. The van der Waals surface area contributed by atoms with Crippen LogP contribution in [-0.4, -0.2) is 43.3 Å². The van der Waals surface area contributed by atoms with Crippen molar-refractivity contribution >= 4 is 40.0 Å². The molecule has 2 atom stereocenters. The Bertz CT molecular complexity index is 1000. The van der Waals surface area contributed by atoms with Crippen LogP contribution in [0.1, 0.15) is 74.4 Å². The highest BCUT2D eigenvalue weighted by Crippen LogP contribution is 2.44. The first-order valence-corrected chi connectivity index (χ1v) is 13.7. The number of halogens is 1. The van der Waals surface area contributed by atoms with Crippen molar-refractivity contribution in [3.8, 4) is 0 Å². The molecule has 1 aliphatic heterocycles. The number of hydrogen-bond acceptors (Lipinski definition) is 3. The zero-order chi connectivity index (χ0) is 24.9. The summed E-state index contributed by atoms with van der Waals surface area (Å²) in [6.07, 6.45) is 4.18. The summed E-state index contributed by atoms with van der Waals surface area (Å²) in [5.74, 6) is 0.931. The zero-order valence-electron chi connectivity index (χ0n) is 21.4. The third-order valence-electron chi connectivity index (χ3n) is 7.88. The topological polar surface area (TPSA) is 40.6 Å². The highest BCUT2D eigenvalue weighted by atomic mass is 127. The van der Waals surface area contributed by atoms with Crippen LogP contribution in [0.5, 0.6) is 0 Å². The molecule has 0 saturated carbocycles. The second-order valence-electron chi connectivity index (χ2n) is 9.77. The fourth-order valence-corrected chi connectivity index (χ4v) is 5.98. The summed E-state index contributed by atoms with van der Waals surface area (Å²) in [6, 6.07) is 14.3. The molecule has 0 bridgehead atoms. The number of piperidine rings is 1. The van der Waals surface area contributed by atoms with Crippen molar-refractivity contribution in [1.29, 1.82) is 0 Å². The summed E-state index contributed by atoms with van der Waals surface area (Å²) in [6.45, 7) is 11.8. The van der Waals surface area contributed by atoms with Gasteiger partial charge in [-0.3, -0.25) is 9.59 Å². The lowest BCUT2D eigenvalue weighted by Gasteiger charge is -2.48. The number of Topliss-reactive ketones (excluding diaryl/α,β-unsaturated/α-hetero) is 1. The molecule has 184 valence electrons. The minimum absolute atomic E-state index is 0.0502. The maximum atomic E-state index is 12.6. The van der Waals surface area contributed by atoms with E-state index in [2.05, 4.69) is 66.5 Å². The van der Waals surface area contributed by atoms with Crippen molar-refractivity contribution in [2.75, 3.05) is 31.6 Å². The summed E-state index contributed by atoms with van der Waals surface area (Å²) >= 11 is 2.27. The average molecular weight is 575 g/mol. The highest BCUT2D eigenvalue weighted by Gasteiger charge is 2.42. The third-order valence-corrected chi connectivity index (χ3v) is 8.60. The lowest BCUT2D eigenvalue weighted by molar-refractivity contribution is -0.118. The van der Waals surface area contributed by atoms with Crippen molar-refractivity contribution in [2.45, 2.75) is 65.2 Å². The number of anilines is 1. The van der Waals surface area contributed by atoms with E-state index < -0.39 is 0 Å².